The number of allylic oxidation sites excluding steroid dienone is 2. The van der Waals surface area contributed by atoms with E-state index in [2.05, 4.69) is 32.6 Å². The van der Waals surface area contributed by atoms with Crippen LogP contribution in [-0.4, -0.2) is 84.6 Å². The van der Waals surface area contributed by atoms with Gasteiger partial charge in [0.25, 0.3) is 0 Å². The minimum absolute atomic E-state index is 0.0784. The Balaban J connectivity index is 1.29. The second kappa shape index (κ2) is 15.6. The van der Waals surface area contributed by atoms with Crippen LogP contribution < -0.4 is 0 Å². The summed E-state index contributed by atoms with van der Waals surface area (Å²) in [5.41, 5.74) is -7.45. The van der Waals surface area contributed by atoms with E-state index in [0.29, 0.717) is 17.9 Å². The molecule has 0 amide bonds. The first kappa shape index (κ1) is 38.9. The van der Waals surface area contributed by atoms with Gasteiger partial charge in [0.05, 0.1) is 11.7 Å². The SMILES string of the molecule is C=C(C)[C@]1(O)C[C@@H](C)[C@]2(O)[C@H]([C@H]1O)[C@@H]1O[C@]1(COC(=O)CCCCCCCCCC(C)/C=C/CCCCC)[C@@H](O)[C@]1(O)C(=O)C(C)=C[C@H]12. The Kier molecular flexibility index (Phi) is 12.6. The van der Waals surface area contributed by atoms with E-state index in [9.17, 15) is 35.1 Å². The molecule has 0 aromatic carbocycles. The third-order valence-electron chi connectivity index (χ3n) is 12.0. The van der Waals surface area contributed by atoms with E-state index in [1.54, 1.807) is 13.8 Å². The zero-order valence-electron chi connectivity index (χ0n) is 30.0. The normalized spacial score (nSPS) is 39.3. The first-order valence-corrected chi connectivity index (χ1v) is 18.5. The monoisotopic (exact) mass is 674 g/mol. The van der Waals surface area contributed by atoms with Crippen molar-refractivity contribution in [3.05, 3.63) is 36.0 Å². The molecule has 0 bridgehead atoms. The van der Waals surface area contributed by atoms with E-state index in [1.165, 1.54) is 64.4 Å². The Bertz CT molecular complexity index is 1230. The lowest BCUT2D eigenvalue weighted by molar-refractivity contribution is -0.248. The third kappa shape index (κ3) is 7.15. The molecule has 9 nitrogen and oxygen atoms in total. The Morgan fingerprint density at radius 3 is 2.38 bits per heavy atom. The van der Waals surface area contributed by atoms with Crippen LogP contribution in [0.1, 0.15) is 125 Å². The number of ketones is 1. The van der Waals surface area contributed by atoms with Crippen molar-refractivity contribution in [1.82, 2.24) is 0 Å². The molecule has 1 saturated heterocycles. The highest BCUT2D eigenvalue weighted by Gasteiger charge is 2.83. The number of fused-ring (bicyclic) bond motifs is 5. The van der Waals surface area contributed by atoms with Crippen molar-refractivity contribution in [3.8, 4) is 0 Å². The van der Waals surface area contributed by atoms with E-state index < -0.39 is 76.8 Å². The summed E-state index contributed by atoms with van der Waals surface area (Å²) in [6, 6.07) is 0. The van der Waals surface area contributed by atoms with Crippen LogP contribution in [0.15, 0.2) is 36.0 Å². The number of Topliss-reactive ketones (excluding diaryl/α,β-unsaturated/α-hetero) is 1. The highest BCUT2D eigenvalue weighted by atomic mass is 16.7. The van der Waals surface area contributed by atoms with Crippen LogP contribution in [-0.2, 0) is 19.1 Å². The fraction of sp³-hybridized carbons (Fsp3) is 0.795. The molecule has 0 spiro atoms. The lowest BCUT2D eigenvalue weighted by atomic mass is 9.54. The summed E-state index contributed by atoms with van der Waals surface area (Å²) in [6.45, 7) is 12.7. The van der Waals surface area contributed by atoms with Gasteiger partial charge in [0, 0.05) is 18.3 Å². The van der Waals surface area contributed by atoms with E-state index >= 15 is 0 Å². The van der Waals surface area contributed by atoms with Gasteiger partial charge in [-0.2, -0.15) is 0 Å². The molecule has 9 heteroatoms. The molecule has 3 fully saturated rings. The minimum Gasteiger partial charge on any atom is -0.462 e. The van der Waals surface area contributed by atoms with Gasteiger partial charge in [-0.15, -0.1) is 0 Å². The van der Waals surface area contributed by atoms with Crippen molar-refractivity contribution >= 4 is 11.8 Å². The first-order valence-electron chi connectivity index (χ1n) is 18.5. The van der Waals surface area contributed by atoms with Gasteiger partial charge in [0.2, 0.25) is 0 Å². The van der Waals surface area contributed by atoms with E-state index in [0.717, 1.165) is 19.3 Å². The van der Waals surface area contributed by atoms with Crippen LogP contribution in [0.5, 0.6) is 0 Å². The number of aliphatic hydroxyl groups excluding tert-OH is 2. The molecule has 0 aromatic rings. The Morgan fingerprint density at radius 2 is 1.73 bits per heavy atom. The van der Waals surface area contributed by atoms with E-state index in [4.69, 9.17) is 9.47 Å². The summed E-state index contributed by atoms with van der Waals surface area (Å²) >= 11 is 0. The summed E-state index contributed by atoms with van der Waals surface area (Å²) < 4.78 is 11.6. The number of aliphatic hydroxyl groups is 5. The van der Waals surface area contributed by atoms with Crippen molar-refractivity contribution in [2.75, 3.05) is 6.61 Å². The Labute approximate surface area is 287 Å². The summed E-state index contributed by atoms with van der Waals surface area (Å²) in [4.78, 5) is 26.2. The molecule has 3 aliphatic carbocycles. The number of carbonyl (C=O) groups excluding carboxylic acids is 2. The number of ether oxygens (including phenoxy) is 2. The molecular formula is C39H62O9. The fourth-order valence-corrected chi connectivity index (χ4v) is 8.86. The maximum atomic E-state index is 13.4. The van der Waals surface area contributed by atoms with Gasteiger partial charge >= 0.3 is 5.97 Å². The highest BCUT2D eigenvalue weighted by Crippen LogP contribution is 2.65. The standard InChI is InChI=1S/C39H62O9/c1-7-8-9-13-16-19-26(4)20-17-14-11-10-12-15-18-21-30(40)47-24-37-34(48-37)31-33(42)36(44,25(2)3)23-28(6)38(31,45)29-22-27(5)32(41)39(29,46)35(37)43/h16,19,22,26,28-29,31,33-35,42-46H,2,7-15,17-18,20-21,23-24H2,1,3-6H3/b19-16+/t26?,28-,29+,31-,33-,34+,35-,36-,37+,38-,39-/m1/s1. The lowest BCUT2D eigenvalue weighted by Crippen LogP contribution is -2.70. The largest absolute Gasteiger partial charge is 0.462 e. The van der Waals surface area contributed by atoms with Gasteiger partial charge in [-0.1, -0.05) is 96.9 Å². The molecule has 11 atom stereocenters. The highest BCUT2D eigenvalue weighted by molar-refractivity contribution is 6.05. The van der Waals surface area contributed by atoms with Crippen molar-refractivity contribution in [2.24, 2.45) is 23.7 Å². The molecule has 1 heterocycles. The smallest absolute Gasteiger partial charge is 0.305 e. The summed E-state index contributed by atoms with van der Waals surface area (Å²) in [6.07, 6.45) is 15.2. The van der Waals surface area contributed by atoms with Gasteiger partial charge in [0.15, 0.2) is 17.0 Å². The number of hydrogen-bond acceptors (Lipinski definition) is 9. The molecule has 4 rings (SSSR count). The minimum atomic E-state index is -2.47. The van der Waals surface area contributed by atoms with E-state index in [-0.39, 0.29) is 18.4 Å². The van der Waals surface area contributed by atoms with Crippen molar-refractivity contribution in [3.63, 3.8) is 0 Å². The van der Waals surface area contributed by atoms with Crippen molar-refractivity contribution < 1.29 is 44.6 Å². The number of carbonyl (C=O) groups is 2. The van der Waals surface area contributed by atoms with Gasteiger partial charge in [-0.05, 0) is 68.9 Å². The van der Waals surface area contributed by atoms with Crippen LogP contribution in [0, 0.1) is 23.7 Å². The molecule has 48 heavy (non-hydrogen) atoms. The topological polar surface area (TPSA) is 157 Å². The van der Waals surface area contributed by atoms with Gasteiger partial charge in [-0.25, -0.2) is 0 Å². The maximum absolute atomic E-state index is 13.4. The molecule has 2 saturated carbocycles. The van der Waals surface area contributed by atoms with Gasteiger partial charge < -0.3 is 35.0 Å². The lowest BCUT2D eigenvalue weighted by Gasteiger charge is -2.56. The zero-order valence-corrected chi connectivity index (χ0v) is 30.0. The predicted molar refractivity (Wildman–Crippen MR) is 184 cm³/mol. The molecule has 0 aromatic heterocycles. The Hall–Kier alpha value is -1.88. The molecule has 4 aliphatic rings. The predicted octanol–water partition coefficient (Wildman–Crippen LogP) is 5.26. The third-order valence-corrected chi connectivity index (χ3v) is 12.0. The zero-order chi connectivity index (χ0) is 35.5. The summed E-state index contributed by atoms with van der Waals surface area (Å²) in [5, 5.41) is 59.1. The van der Waals surface area contributed by atoms with Crippen molar-refractivity contribution in [1.29, 1.82) is 0 Å². The van der Waals surface area contributed by atoms with Crippen LogP contribution in [0.25, 0.3) is 0 Å². The van der Waals surface area contributed by atoms with Crippen LogP contribution in [0.2, 0.25) is 0 Å². The number of rotatable bonds is 18. The second-order valence-corrected chi connectivity index (χ2v) is 15.6. The molecule has 1 aliphatic heterocycles. The second-order valence-electron chi connectivity index (χ2n) is 15.6. The van der Waals surface area contributed by atoms with Crippen LogP contribution in [0.3, 0.4) is 0 Å². The van der Waals surface area contributed by atoms with Crippen LogP contribution >= 0.6 is 0 Å². The molecular weight excluding hydrogens is 612 g/mol. The molecule has 5 N–H and O–H groups in total. The van der Waals surface area contributed by atoms with Crippen molar-refractivity contribution in [2.45, 2.75) is 165 Å². The maximum Gasteiger partial charge on any atom is 0.305 e. The average Bonchev–Trinajstić information content (AvgIpc) is 3.72. The van der Waals surface area contributed by atoms with Crippen LogP contribution in [0.4, 0.5) is 0 Å². The number of epoxide rings is 1. The fourth-order valence-electron chi connectivity index (χ4n) is 8.86. The average molecular weight is 675 g/mol. The van der Waals surface area contributed by atoms with Gasteiger partial charge in [0.1, 0.15) is 24.4 Å². The Morgan fingerprint density at radius 1 is 1.08 bits per heavy atom. The van der Waals surface area contributed by atoms with E-state index in [1.807, 2.05) is 0 Å². The number of esters is 1. The number of hydrogen-bond donors (Lipinski definition) is 5. The molecule has 272 valence electrons. The number of unbranched alkanes of at least 4 members (excludes halogenated alkanes) is 9. The quantitative estimate of drug-likeness (QED) is 0.0567. The molecule has 1 unspecified atom stereocenters. The summed E-state index contributed by atoms with van der Waals surface area (Å²) in [5.74, 6) is -3.85. The summed E-state index contributed by atoms with van der Waals surface area (Å²) in [7, 11) is 0. The molecule has 0 radical (unpaired) electrons. The van der Waals surface area contributed by atoms with Gasteiger partial charge in [-0.3, -0.25) is 9.59 Å². The first-order chi connectivity index (χ1) is 22.6.